The maximum atomic E-state index is 9.71. The van der Waals surface area contributed by atoms with Gasteiger partial charge in [-0.3, -0.25) is 0 Å². The zero-order valence-electron chi connectivity index (χ0n) is 24.4. The third-order valence-corrected chi connectivity index (χ3v) is 8.06. The molecule has 200 valence electrons. The van der Waals surface area contributed by atoms with Crippen molar-refractivity contribution in [2.45, 2.75) is 119 Å². The maximum Gasteiger partial charge on any atom is 0.0895 e. The van der Waals surface area contributed by atoms with E-state index >= 15 is 0 Å². The molecule has 0 aromatic carbocycles. The topological polar surface area (TPSA) is 52.5 Å². The Morgan fingerprint density at radius 3 is 1.71 bits per heavy atom. The molecule has 0 heterocycles. The van der Waals surface area contributed by atoms with Gasteiger partial charge < -0.3 is 15.5 Å². The van der Waals surface area contributed by atoms with Crippen LogP contribution in [0.5, 0.6) is 0 Å². The van der Waals surface area contributed by atoms with Gasteiger partial charge in [0, 0.05) is 12.1 Å². The smallest absolute Gasteiger partial charge is 0.0895 e. The third kappa shape index (κ3) is 10.4. The molecular formula is C31H59NO2. The van der Waals surface area contributed by atoms with E-state index in [1.807, 2.05) is 26.0 Å². The summed E-state index contributed by atoms with van der Waals surface area (Å²) < 4.78 is 0. The number of aliphatic hydroxyl groups is 2. The van der Waals surface area contributed by atoms with E-state index in [4.69, 9.17) is 5.11 Å². The van der Waals surface area contributed by atoms with Crippen LogP contribution in [-0.2, 0) is 0 Å². The Morgan fingerprint density at radius 2 is 1.32 bits per heavy atom. The second-order valence-corrected chi connectivity index (χ2v) is 12.9. The molecule has 1 aliphatic carbocycles. The number of β-amino-alcohol motifs (C(OH)–C–C–N with tert-alkyl or cyclic N) is 1. The molecule has 1 unspecified atom stereocenters. The number of aliphatic hydroxyl groups excluding tert-OH is 2. The van der Waals surface area contributed by atoms with Crippen LogP contribution in [0.3, 0.4) is 0 Å². The molecule has 34 heavy (non-hydrogen) atoms. The molecule has 3 nitrogen and oxygen atoms in total. The van der Waals surface area contributed by atoms with Crippen molar-refractivity contribution in [3.05, 3.63) is 37.0 Å². The van der Waals surface area contributed by atoms with E-state index in [1.165, 1.54) is 31.3 Å². The molecule has 0 saturated heterocycles. The lowest BCUT2D eigenvalue weighted by atomic mass is 9.58. The third-order valence-electron chi connectivity index (χ3n) is 8.06. The first-order chi connectivity index (χ1) is 15.6. The van der Waals surface area contributed by atoms with Crippen molar-refractivity contribution in [1.29, 1.82) is 0 Å². The Labute approximate surface area is 213 Å². The van der Waals surface area contributed by atoms with Crippen LogP contribution in [0, 0.1) is 28.1 Å². The van der Waals surface area contributed by atoms with Gasteiger partial charge in [0.1, 0.15) is 0 Å². The van der Waals surface area contributed by atoms with Gasteiger partial charge in [0.05, 0.1) is 12.7 Å². The Kier molecular flexibility index (Phi) is 13.6. The summed E-state index contributed by atoms with van der Waals surface area (Å²) in [6.45, 7) is 31.0. The van der Waals surface area contributed by atoms with Gasteiger partial charge in [-0.25, -0.2) is 0 Å². The van der Waals surface area contributed by atoms with Crippen LogP contribution < -0.4 is 5.32 Å². The average Bonchev–Trinajstić information content (AvgIpc) is 2.75. The molecule has 0 bridgehead atoms. The van der Waals surface area contributed by atoms with Crippen LogP contribution in [-0.4, -0.2) is 35.0 Å². The lowest BCUT2D eigenvalue weighted by Gasteiger charge is -2.48. The normalized spacial score (nSPS) is 21.4. The number of rotatable bonds is 13. The molecule has 0 spiro atoms. The number of allylic oxidation sites excluding steroid dienone is 4. The quantitative estimate of drug-likeness (QED) is 0.238. The van der Waals surface area contributed by atoms with Gasteiger partial charge in [0.2, 0.25) is 0 Å². The van der Waals surface area contributed by atoms with Gasteiger partial charge >= 0.3 is 0 Å². The van der Waals surface area contributed by atoms with Crippen LogP contribution in [0.2, 0.25) is 0 Å². The first-order valence-corrected chi connectivity index (χ1v) is 13.6. The highest BCUT2D eigenvalue weighted by molar-refractivity contribution is 5.27. The van der Waals surface area contributed by atoms with E-state index in [9.17, 15) is 5.11 Å². The molecule has 3 heteroatoms. The molecule has 0 aromatic heterocycles. The van der Waals surface area contributed by atoms with Crippen molar-refractivity contribution in [3.8, 4) is 0 Å². The molecule has 0 amide bonds. The SMILES string of the molecule is C=C/C=C(\C=C)C(C)(C)CC(C)(C)C1CCC(C(C)(C)CC(C)(C)NCC(O)CO)CC1.CC. The fourth-order valence-corrected chi connectivity index (χ4v) is 6.54. The Balaban J connectivity index is 0.00000529. The highest BCUT2D eigenvalue weighted by atomic mass is 16.3. The van der Waals surface area contributed by atoms with Gasteiger partial charge in [-0.1, -0.05) is 86.8 Å². The summed E-state index contributed by atoms with van der Waals surface area (Å²) in [5, 5.41) is 22.3. The van der Waals surface area contributed by atoms with E-state index in [1.54, 1.807) is 0 Å². The maximum absolute atomic E-state index is 9.71. The standard InChI is InChI=1S/C29H53NO2.C2H6/c1-11-13-22(12-2)26(3,4)20-27(5,6)23-14-16-24(17-15-23)28(7,8)21-29(9,10)30-18-25(32)19-31;1-2/h11-13,23-25,30-32H,1-2,14-21H2,3-10H3;1-2H3/b22-13+;. The van der Waals surface area contributed by atoms with Gasteiger partial charge in [-0.15, -0.1) is 0 Å². The van der Waals surface area contributed by atoms with Gasteiger partial charge in [-0.05, 0) is 86.0 Å². The van der Waals surface area contributed by atoms with Crippen LogP contribution in [0.4, 0.5) is 0 Å². The van der Waals surface area contributed by atoms with Gasteiger partial charge in [-0.2, -0.15) is 0 Å². The molecule has 3 N–H and O–H groups in total. The van der Waals surface area contributed by atoms with Crippen molar-refractivity contribution < 1.29 is 10.2 Å². The van der Waals surface area contributed by atoms with Crippen molar-refractivity contribution in [2.75, 3.05) is 13.2 Å². The summed E-state index contributed by atoms with van der Waals surface area (Å²) in [6, 6.07) is 0. The number of hydrogen-bond acceptors (Lipinski definition) is 3. The van der Waals surface area contributed by atoms with E-state index < -0.39 is 6.10 Å². The summed E-state index contributed by atoms with van der Waals surface area (Å²) in [7, 11) is 0. The molecule has 0 aliphatic heterocycles. The highest BCUT2D eigenvalue weighted by Crippen LogP contribution is 2.51. The van der Waals surface area contributed by atoms with E-state index in [2.05, 4.69) is 79.9 Å². The van der Waals surface area contributed by atoms with Crippen molar-refractivity contribution in [3.63, 3.8) is 0 Å². The van der Waals surface area contributed by atoms with E-state index in [-0.39, 0.29) is 28.4 Å². The highest BCUT2D eigenvalue weighted by Gasteiger charge is 2.42. The minimum absolute atomic E-state index is 0.0711. The molecule has 1 fully saturated rings. The molecule has 1 rings (SSSR count). The summed E-state index contributed by atoms with van der Waals surface area (Å²) in [5.74, 6) is 1.46. The first-order valence-electron chi connectivity index (χ1n) is 13.6. The van der Waals surface area contributed by atoms with Gasteiger partial charge in [0.25, 0.3) is 0 Å². The molecule has 0 radical (unpaired) electrons. The van der Waals surface area contributed by atoms with Crippen LogP contribution >= 0.6 is 0 Å². The average molecular weight is 478 g/mol. The Hall–Kier alpha value is -0.900. The number of hydrogen-bond donors (Lipinski definition) is 3. The van der Waals surface area contributed by atoms with Crippen LogP contribution in [0.1, 0.15) is 108 Å². The van der Waals surface area contributed by atoms with E-state index in [0.717, 1.165) is 24.7 Å². The summed E-state index contributed by atoms with van der Waals surface area (Å²) in [4.78, 5) is 0. The first kappa shape index (κ1) is 33.1. The molecule has 0 aromatic rings. The Bertz CT molecular complexity index is 634. The van der Waals surface area contributed by atoms with Crippen molar-refractivity contribution >= 4 is 0 Å². The molecule has 1 aliphatic rings. The zero-order valence-corrected chi connectivity index (χ0v) is 24.4. The fourth-order valence-electron chi connectivity index (χ4n) is 6.54. The van der Waals surface area contributed by atoms with Crippen LogP contribution in [0.25, 0.3) is 0 Å². The minimum Gasteiger partial charge on any atom is -0.394 e. The zero-order chi connectivity index (χ0) is 26.8. The molecule has 1 saturated carbocycles. The lowest BCUT2D eigenvalue weighted by molar-refractivity contribution is 0.0395. The van der Waals surface area contributed by atoms with Crippen molar-refractivity contribution in [2.24, 2.45) is 28.1 Å². The predicted octanol–water partition coefficient (Wildman–Crippen LogP) is 7.70. The molecular weight excluding hydrogens is 418 g/mol. The fraction of sp³-hybridized carbons (Fsp3) is 0.806. The second kappa shape index (κ2) is 14.0. The summed E-state index contributed by atoms with van der Waals surface area (Å²) >= 11 is 0. The second-order valence-electron chi connectivity index (χ2n) is 12.9. The van der Waals surface area contributed by atoms with Crippen LogP contribution in [0.15, 0.2) is 37.0 Å². The summed E-state index contributed by atoms with van der Waals surface area (Å²) in [6.07, 6.45) is 12.6. The monoisotopic (exact) mass is 477 g/mol. The summed E-state index contributed by atoms with van der Waals surface area (Å²) in [5.41, 5.74) is 1.81. The molecule has 1 atom stereocenters. The lowest BCUT2D eigenvalue weighted by Crippen LogP contribution is -2.48. The Morgan fingerprint density at radius 1 is 0.882 bits per heavy atom. The van der Waals surface area contributed by atoms with E-state index in [0.29, 0.717) is 6.54 Å². The van der Waals surface area contributed by atoms with Gasteiger partial charge in [0.15, 0.2) is 0 Å². The van der Waals surface area contributed by atoms with Crippen molar-refractivity contribution in [1.82, 2.24) is 5.32 Å². The number of nitrogens with one attached hydrogen (secondary N) is 1. The minimum atomic E-state index is -0.692. The predicted molar refractivity (Wildman–Crippen MR) is 151 cm³/mol. The largest absolute Gasteiger partial charge is 0.394 e.